The smallest absolute Gasteiger partial charge is 0.0547 e. The van der Waals surface area contributed by atoms with E-state index in [1.807, 2.05) is 31.2 Å². The second-order valence-electron chi connectivity index (χ2n) is 3.74. The minimum Gasteiger partial charge on any atom is -0.399 e. The van der Waals surface area contributed by atoms with Crippen LogP contribution in [0.2, 0.25) is 0 Å². The van der Waals surface area contributed by atoms with Gasteiger partial charge in [0.25, 0.3) is 0 Å². The number of nitrogens with two attached hydrogens (primary N) is 4. The van der Waals surface area contributed by atoms with Crippen LogP contribution in [0.5, 0.6) is 0 Å². The molecule has 0 spiro atoms. The molecule has 0 aromatic heterocycles. The molecule has 2 rings (SSSR count). The number of rotatable bonds is 0. The Bertz CT molecular complexity index is 474. The van der Waals surface area contributed by atoms with Crippen LogP contribution in [0.1, 0.15) is 5.56 Å². The summed E-state index contributed by atoms with van der Waals surface area (Å²) in [5.41, 5.74) is 25.7. The molecule has 0 fully saturated rings. The Hall–Kier alpha value is -2.36. The first-order valence-corrected chi connectivity index (χ1v) is 5.22. The van der Waals surface area contributed by atoms with Crippen molar-refractivity contribution in [2.75, 3.05) is 22.9 Å². The maximum Gasteiger partial charge on any atom is 0.0547 e. The summed E-state index contributed by atoms with van der Waals surface area (Å²) in [5.74, 6) is 0. The molecule has 4 heteroatoms. The van der Waals surface area contributed by atoms with Crippen molar-refractivity contribution in [1.82, 2.24) is 0 Å². The highest BCUT2D eigenvalue weighted by Crippen LogP contribution is 2.13. The van der Waals surface area contributed by atoms with E-state index in [1.54, 1.807) is 18.2 Å². The summed E-state index contributed by atoms with van der Waals surface area (Å²) in [4.78, 5) is 0. The van der Waals surface area contributed by atoms with E-state index in [9.17, 15) is 0 Å². The van der Waals surface area contributed by atoms with Gasteiger partial charge in [-0.2, -0.15) is 0 Å². The predicted octanol–water partition coefficient (Wildman–Crippen LogP) is 2.01. The second kappa shape index (κ2) is 5.65. The van der Waals surface area contributed by atoms with Gasteiger partial charge in [0.1, 0.15) is 0 Å². The van der Waals surface area contributed by atoms with Gasteiger partial charge in [-0.15, -0.1) is 0 Å². The first-order valence-electron chi connectivity index (χ1n) is 5.22. The van der Waals surface area contributed by atoms with Crippen molar-refractivity contribution >= 4 is 22.7 Å². The zero-order valence-corrected chi connectivity index (χ0v) is 9.85. The van der Waals surface area contributed by atoms with Crippen LogP contribution in [-0.2, 0) is 0 Å². The lowest BCUT2D eigenvalue weighted by Crippen LogP contribution is -1.91. The van der Waals surface area contributed by atoms with Crippen molar-refractivity contribution in [1.29, 1.82) is 0 Å². The van der Waals surface area contributed by atoms with Gasteiger partial charge in [-0.25, -0.2) is 0 Å². The van der Waals surface area contributed by atoms with Crippen LogP contribution in [0, 0.1) is 6.92 Å². The standard InChI is InChI=1S/C7H10N2.C6H8N2/c1-5-4-6(8)2-3-7(5)9;7-5-3-1-2-4-6(5)8/h2-4H,8-9H2,1H3;1-4H,7-8H2. The molecule has 0 bridgehead atoms. The van der Waals surface area contributed by atoms with Crippen LogP contribution in [0.15, 0.2) is 42.5 Å². The van der Waals surface area contributed by atoms with Gasteiger partial charge in [0.05, 0.1) is 11.4 Å². The van der Waals surface area contributed by atoms with Gasteiger partial charge >= 0.3 is 0 Å². The molecule has 4 nitrogen and oxygen atoms in total. The first-order chi connectivity index (χ1) is 8.00. The average molecular weight is 230 g/mol. The molecule has 8 N–H and O–H groups in total. The largest absolute Gasteiger partial charge is 0.399 e. The maximum absolute atomic E-state index is 5.53. The molecule has 0 saturated heterocycles. The molecular weight excluding hydrogens is 212 g/mol. The highest BCUT2D eigenvalue weighted by molar-refractivity contribution is 5.62. The van der Waals surface area contributed by atoms with Gasteiger partial charge in [-0.1, -0.05) is 12.1 Å². The van der Waals surface area contributed by atoms with E-state index in [0.29, 0.717) is 11.4 Å². The van der Waals surface area contributed by atoms with Crippen molar-refractivity contribution in [2.45, 2.75) is 6.92 Å². The van der Waals surface area contributed by atoms with E-state index in [2.05, 4.69) is 0 Å². The summed E-state index contributed by atoms with van der Waals surface area (Å²) in [6, 6.07) is 12.7. The Morgan fingerprint density at radius 1 is 0.706 bits per heavy atom. The lowest BCUT2D eigenvalue weighted by molar-refractivity contribution is 1.47. The molecule has 0 unspecified atom stereocenters. The SMILES string of the molecule is Cc1cc(N)ccc1N.Nc1ccccc1N. The molecular formula is C13H18N4. The van der Waals surface area contributed by atoms with Crippen LogP contribution < -0.4 is 22.9 Å². The van der Waals surface area contributed by atoms with Gasteiger partial charge in [0.15, 0.2) is 0 Å². The van der Waals surface area contributed by atoms with Gasteiger partial charge in [0.2, 0.25) is 0 Å². The fourth-order valence-corrected chi connectivity index (χ4v) is 1.21. The van der Waals surface area contributed by atoms with E-state index in [-0.39, 0.29) is 0 Å². The van der Waals surface area contributed by atoms with E-state index in [1.165, 1.54) is 0 Å². The molecule has 2 aromatic carbocycles. The lowest BCUT2D eigenvalue weighted by Gasteiger charge is -1.98. The number of hydrogen-bond acceptors (Lipinski definition) is 4. The maximum atomic E-state index is 5.53. The second-order valence-corrected chi connectivity index (χ2v) is 3.74. The normalized spacial score (nSPS) is 9.24. The summed E-state index contributed by atoms with van der Waals surface area (Å²) < 4.78 is 0. The van der Waals surface area contributed by atoms with E-state index in [4.69, 9.17) is 22.9 Å². The van der Waals surface area contributed by atoms with E-state index < -0.39 is 0 Å². The molecule has 0 atom stereocenters. The highest BCUT2D eigenvalue weighted by Gasteiger charge is 1.90. The molecule has 90 valence electrons. The molecule has 0 heterocycles. The number of benzene rings is 2. The van der Waals surface area contributed by atoms with Crippen LogP contribution >= 0.6 is 0 Å². The Morgan fingerprint density at radius 3 is 1.59 bits per heavy atom. The molecule has 0 radical (unpaired) electrons. The average Bonchev–Trinajstić information content (AvgIpc) is 2.29. The fourth-order valence-electron chi connectivity index (χ4n) is 1.21. The number of aryl methyl sites for hydroxylation is 1. The van der Waals surface area contributed by atoms with Crippen molar-refractivity contribution < 1.29 is 0 Å². The summed E-state index contributed by atoms with van der Waals surface area (Å²) in [6.07, 6.45) is 0. The summed E-state index contributed by atoms with van der Waals surface area (Å²) in [5, 5.41) is 0. The molecule has 2 aromatic rings. The quantitative estimate of drug-likeness (QED) is 0.519. The Labute approximate surface area is 101 Å². The Kier molecular flexibility index (Phi) is 4.22. The molecule has 0 saturated carbocycles. The third kappa shape index (κ3) is 3.95. The Balaban J connectivity index is 0.000000171. The van der Waals surface area contributed by atoms with Crippen molar-refractivity contribution in [3.63, 3.8) is 0 Å². The van der Waals surface area contributed by atoms with Gasteiger partial charge in [0, 0.05) is 11.4 Å². The fraction of sp³-hybridized carbons (Fsp3) is 0.0769. The third-order valence-corrected chi connectivity index (χ3v) is 2.29. The molecule has 17 heavy (non-hydrogen) atoms. The zero-order chi connectivity index (χ0) is 12.8. The number of hydrogen-bond donors (Lipinski definition) is 4. The number of para-hydroxylation sites is 2. The van der Waals surface area contributed by atoms with Gasteiger partial charge < -0.3 is 22.9 Å². The third-order valence-electron chi connectivity index (χ3n) is 2.29. The molecule has 0 aliphatic heterocycles. The molecule has 0 aliphatic carbocycles. The van der Waals surface area contributed by atoms with Crippen LogP contribution in [-0.4, -0.2) is 0 Å². The van der Waals surface area contributed by atoms with E-state index >= 15 is 0 Å². The summed E-state index contributed by atoms with van der Waals surface area (Å²) in [6.45, 7) is 1.94. The van der Waals surface area contributed by atoms with Crippen molar-refractivity contribution in [3.05, 3.63) is 48.0 Å². The monoisotopic (exact) mass is 230 g/mol. The molecule has 0 amide bonds. The minimum absolute atomic E-state index is 0.646. The minimum atomic E-state index is 0.646. The first kappa shape index (κ1) is 12.7. The van der Waals surface area contributed by atoms with Crippen LogP contribution in [0.3, 0.4) is 0 Å². The highest BCUT2D eigenvalue weighted by atomic mass is 14.7. The summed E-state index contributed by atoms with van der Waals surface area (Å²) >= 11 is 0. The van der Waals surface area contributed by atoms with Gasteiger partial charge in [-0.05, 0) is 42.8 Å². The van der Waals surface area contributed by atoms with Crippen LogP contribution in [0.4, 0.5) is 22.7 Å². The topological polar surface area (TPSA) is 104 Å². The Morgan fingerprint density at radius 2 is 1.24 bits per heavy atom. The predicted molar refractivity (Wildman–Crippen MR) is 75.3 cm³/mol. The van der Waals surface area contributed by atoms with Gasteiger partial charge in [-0.3, -0.25) is 0 Å². The lowest BCUT2D eigenvalue weighted by atomic mass is 10.2. The van der Waals surface area contributed by atoms with Crippen molar-refractivity contribution in [2.24, 2.45) is 0 Å². The molecule has 0 aliphatic rings. The zero-order valence-electron chi connectivity index (χ0n) is 9.85. The van der Waals surface area contributed by atoms with Crippen LogP contribution in [0.25, 0.3) is 0 Å². The number of anilines is 4. The van der Waals surface area contributed by atoms with E-state index in [0.717, 1.165) is 16.9 Å². The number of nitrogen functional groups attached to an aromatic ring is 4. The van der Waals surface area contributed by atoms with Crippen molar-refractivity contribution in [3.8, 4) is 0 Å². The summed E-state index contributed by atoms with van der Waals surface area (Å²) in [7, 11) is 0.